The van der Waals surface area contributed by atoms with Crippen LogP contribution in [0.15, 0.2) is 35.1 Å². The van der Waals surface area contributed by atoms with Crippen LogP contribution < -0.4 is 14.9 Å². The molecule has 1 fully saturated rings. The summed E-state index contributed by atoms with van der Waals surface area (Å²) in [6.45, 7) is 3.73. The fourth-order valence-corrected chi connectivity index (χ4v) is 5.76. The lowest BCUT2D eigenvalue weighted by atomic mass is 9.85. The van der Waals surface area contributed by atoms with Crippen molar-refractivity contribution >= 4 is 17.2 Å². The van der Waals surface area contributed by atoms with E-state index >= 15 is 0 Å². The largest absolute Gasteiger partial charge is 0.489 e. The fraction of sp³-hybridized carbons (Fsp3) is 0.481. The Morgan fingerprint density at radius 2 is 1.97 bits per heavy atom. The number of aryl methyl sites for hydroxylation is 3. The predicted octanol–water partition coefficient (Wildman–Crippen LogP) is 3.90. The van der Waals surface area contributed by atoms with Crippen molar-refractivity contribution in [3.8, 4) is 5.75 Å². The lowest BCUT2D eigenvalue weighted by Gasteiger charge is -2.38. The van der Waals surface area contributed by atoms with Gasteiger partial charge < -0.3 is 14.8 Å². The van der Waals surface area contributed by atoms with Crippen LogP contribution >= 0.6 is 11.3 Å². The molecule has 0 saturated carbocycles. The first-order valence-electron chi connectivity index (χ1n) is 12.7. The molecule has 1 aliphatic heterocycles. The maximum Gasteiger partial charge on any atom is 0.322 e. The number of carbonyl (C=O) groups is 1. The number of pyridine rings is 1. The molecule has 1 amide bonds. The number of ether oxygens (including phenoxy) is 2. The normalized spacial score (nSPS) is 16.8. The third kappa shape index (κ3) is 5.84. The maximum absolute atomic E-state index is 13.2. The predicted molar refractivity (Wildman–Crippen MR) is 138 cm³/mol. The molecule has 0 radical (unpaired) electrons. The van der Waals surface area contributed by atoms with Crippen molar-refractivity contribution in [2.24, 2.45) is 0 Å². The van der Waals surface area contributed by atoms with Crippen LogP contribution in [0.2, 0.25) is 0 Å². The van der Waals surface area contributed by atoms with E-state index in [2.05, 4.69) is 21.6 Å². The molecule has 2 aliphatic rings. The molecule has 1 saturated heterocycles. The number of H-pyrrole nitrogens is 1. The zero-order valence-corrected chi connectivity index (χ0v) is 21.4. The van der Waals surface area contributed by atoms with Crippen LogP contribution in [0.1, 0.15) is 70.0 Å². The van der Waals surface area contributed by atoms with Gasteiger partial charge in [-0.15, -0.1) is 0 Å². The molecule has 190 valence electrons. The molecule has 1 aliphatic carbocycles. The number of aromatic amines is 1. The van der Waals surface area contributed by atoms with Crippen molar-refractivity contribution < 1.29 is 14.3 Å². The minimum atomic E-state index is -0.377. The van der Waals surface area contributed by atoms with Gasteiger partial charge in [0, 0.05) is 42.1 Å². The van der Waals surface area contributed by atoms with Crippen LogP contribution in [0.4, 0.5) is 0 Å². The first-order chi connectivity index (χ1) is 17.5. The molecule has 3 aromatic rings. The average Bonchev–Trinajstić information content (AvgIpc) is 3.32. The van der Waals surface area contributed by atoms with Gasteiger partial charge in [0.05, 0.1) is 0 Å². The number of amides is 1. The third-order valence-electron chi connectivity index (χ3n) is 7.16. The van der Waals surface area contributed by atoms with Gasteiger partial charge in [-0.3, -0.25) is 14.6 Å². The summed E-state index contributed by atoms with van der Waals surface area (Å²) < 4.78 is 11.6. The van der Waals surface area contributed by atoms with E-state index in [4.69, 9.17) is 14.5 Å². The average molecular weight is 509 g/mol. The number of rotatable bonds is 8. The number of nitrogens with one attached hydrogen (secondary N) is 2. The molecular weight excluding hydrogens is 476 g/mol. The summed E-state index contributed by atoms with van der Waals surface area (Å²) in [7, 11) is 0. The van der Waals surface area contributed by atoms with Crippen molar-refractivity contribution in [3.63, 3.8) is 0 Å². The molecule has 2 aromatic heterocycles. The van der Waals surface area contributed by atoms with Gasteiger partial charge in [-0.25, -0.2) is 5.10 Å². The van der Waals surface area contributed by atoms with E-state index in [0.717, 1.165) is 53.5 Å². The number of hydrogen-bond donors (Lipinski definition) is 2. The standard InChI is InChI=1S/C27H32N4O4S/c1-18-16-20(22-4-2-3-5-23(22)28-18)17-35-21-8-6-19(7-9-21)25(32)29-27(12-14-34-15-13-27)11-10-24-30-31-26(33)36-24/h6-9,16H,2-5,10-15,17H2,1H3,(H,29,32)(H,31,33). The highest BCUT2D eigenvalue weighted by molar-refractivity contribution is 7.08. The Hall–Kier alpha value is -3.04. The SMILES string of the molecule is Cc1cc(COc2ccc(C(=O)NC3(CCc4n[nH]c(=O)s4)CCOCC3)cc2)c2c(n1)CCCC2. The Morgan fingerprint density at radius 3 is 2.72 bits per heavy atom. The summed E-state index contributed by atoms with van der Waals surface area (Å²) in [5.74, 6) is 0.622. The highest BCUT2D eigenvalue weighted by atomic mass is 32.1. The zero-order chi connectivity index (χ0) is 25.0. The highest BCUT2D eigenvalue weighted by Gasteiger charge is 2.34. The zero-order valence-electron chi connectivity index (χ0n) is 20.6. The first-order valence-corrected chi connectivity index (χ1v) is 13.5. The Balaban J connectivity index is 1.22. The number of aromatic nitrogens is 3. The van der Waals surface area contributed by atoms with E-state index in [1.807, 2.05) is 31.2 Å². The smallest absolute Gasteiger partial charge is 0.322 e. The lowest BCUT2D eigenvalue weighted by molar-refractivity contribution is 0.0329. The van der Waals surface area contributed by atoms with Gasteiger partial charge in [0.15, 0.2) is 0 Å². The van der Waals surface area contributed by atoms with Crippen LogP contribution in [-0.4, -0.2) is 39.8 Å². The summed E-state index contributed by atoms with van der Waals surface area (Å²) in [6, 6.07) is 9.45. The van der Waals surface area contributed by atoms with E-state index in [1.54, 1.807) is 0 Å². The van der Waals surface area contributed by atoms with E-state index in [9.17, 15) is 9.59 Å². The third-order valence-corrected chi connectivity index (χ3v) is 7.97. The Kier molecular flexibility index (Phi) is 7.48. The van der Waals surface area contributed by atoms with Crippen LogP contribution in [-0.2, 0) is 30.6 Å². The molecule has 0 bridgehead atoms. The fourth-order valence-electron chi connectivity index (χ4n) is 5.16. The quantitative estimate of drug-likeness (QED) is 0.478. The van der Waals surface area contributed by atoms with Gasteiger partial charge >= 0.3 is 4.87 Å². The lowest BCUT2D eigenvalue weighted by Crippen LogP contribution is -2.52. The van der Waals surface area contributed by atoms with E-state index in [1.165, 1.54) is 29.7 Å². The number of nitrogens with zero attached hydrogens (tertiary/aromatic N) is 2. The van der Waals surface area contributed by atoms with Crippen molar-refractivity contribution in [1.82, 2.24) is 20.5 Å². The molecule has 8 nitrogen and oxygen atoms in total. The summed E-state index contributed by atoms with van der Waals surface area (Å²) in [5.41, 5.74) is 5.02. The molecule has 5 rings (SSSR count). The van der Waals surface area contributed by atoms with Gasteiger partial charge in [0.1, 0.15) is 17.4 Å². The van der Waals surface area contributed by atoms with E-state index in [-0.39, 0.29) is 16.3 Å². The van der Waals surface area contributed by atoms with E-state index in [0.29, 0.717) is 38.2 Å². The minimum absolute atomic E-state index is 0.113. The highest BCUT2D eigenvalue weighted by Crippen LogP contribution is 2.28. The summed E-state index contributed by atoms with van der Waals surface area (Å²) >= 11 is 1.12. The number of fused-ring (bicyclic) bond motifs is 1. The minimum Gasteiger partial charge on any atom is -0.489 e. The molecule has 9 heteroatoms. The van der Waals surface area contributed by atoms with Crippen molar-refractivity contribution in [2.75, 3.05) is 13.2 Å². The maximum atomic E-state index is 13.2. The van der Waals surface area contributed by atoms with Crippen LogP contribution in [0, 0.1) is 6.92 Å². The van der Waals surface area contributed by atoms with Gasteiger partial charge in [-0.2, -0.15) is 5.10 Å². The Morgan fingerprint density at radius 1 is 1.19 bits per heavy atom. The topological polar surface area (TPSA) is 106 Å². The summed E-state index contributed by atoms with van der Waals surface area (Å²) in [6.07, 6.45) is 7.31. The van der Waals surface area contributed by atoms with E-state index < -0.39 is 0 Å². The summed E-state index contributed by atoms with van der Waals surface area (Å²) in [4.78, 5) is 29.1. The second-order valence-electron chi connectivity index (χ2n) is 9.72. The van der Waals surface area contributed by atoms with Crippen LogP contribution in [0.3, 0.4) is 0 Å². The molecule has 0 spiro atoms. The second-order valence-corrected chi connectivity index (χ2v) is 10.8. The second kappa shape index (κ2) is 10.9. The Bertz CT molecular complexity index is 1260. The van der Waals surface area contributed by atoms with Gasteiger partial charge in [-0.1, -0.05) is 11.3 Å². The molecule has 36 heavy (non-hydrogen) atoms. The van der Waals surface area contributed by atoms with Crippen LogP contribution in [0.5, 0.6) is 5.75 Å². The Labute approximate surface area is 214 Å². The van der Waals surface area contributed by atoms with Crippen molar-refractivity contribution in [3.05, 3.63) is 73.1 Å². The van der Waals surface area contributed by atoms with Crippen molar-refractivity contribution in [1.29, 1.82) is 0 Å². The molecule has 0 unspecified atom stereocenters. The first kappa shape index (κ1) is 24.6. The van der Waals surface area contributed by atoms with Gasteiger partial charge in [0.2, 0.25) is 0 Å². The number of hydrogen-bond acceptors (Lipinski definition) is 7. The number of benzene rings is 1. The van der Waals surface area contributed by atoms with Crippen molar-refractivity contribution in [2.45, 2.75) is 70.4 Å². The molecular formula is C27H32N4O4S. The molecule has 0 atom stereocenters. The number of carbonyl (C=O) groups excluding carboxylic acids is 1. The molecule has 2 N–H and O–H groups in total. The monoisotopic (exact) mass is 508 g/mol. The molecule has 1 aromatic carbocycles. The van der Waals surface area contributed by atoms with Crippen LogP contribution in [0.25, 0.3) is 0 Å². The molecule has 3 heterocycles. The summed E-state index contributed by atoms with van der Waals surface area (Å²) in [5, 5.41) is 10.6. The van der Waals surface area contributed by atoms with Gasteiger partial charge in [0.25, 0.3) is 5.91 Å². The van der Waals surface area contributed by atoms with Gasteiger partial charge in [-0.05, 0) is 93.3 Å².